The van der Waals surface area contributed by atoms with Crippen molar-refractivity contribution < 1.29 is 22.7 Å². The third-order valence-corrected chi connectivity index (χ3v) is 2.26. The van der Waals surface area contributed by atoms with E-state index in [0.29, 0.717) is 12.1 Å². The lowest BCUT2D eigenvalue weighted by Gasteiger charge is -2.12. The van der Waals surface area contributed by atoms with Crippen molar-refractivity contribution in [3.63, 3.8) is 0 Å². The molecule has 3 nitrogen and oxygen atoms in total. The summed E-state index contributed by atoms with van der Waals surface area (Å²) in [5.41, 5.74) is 3.78. The highest BCUT2D eigenvalue weighted by Crippen LogP contribution is 2.35. The van der Waals surface area contributed by atoms with Crippen molar-refractivity contribution in [2.24, 2.45) is 0 Å². The third-order valence-electron chi connectivity index (χ3n) is 1.95. The van der Waals surface area contributed by atoms with Gasteiger partial charge in [0.05, 0.1) is 28.4 Å². The maximum absolute atomic E-state index is 12.5. The molecule has 94 valence electrons. The van der Waals surface area contributed by atoms with Crippen LogP contribution in [0, 0.1) is 0 Å². The fourth-order valence-corrected chi connectivity index (χ4v) is 1.38. The average Bonchev–Trinajstić information content (AvgIpc) is 2.20. The van der Waals surface area contributed by atoms with Crippen LogP contribution in [-0.4, -0.2) is 12.6 Å². The number of hydrogen-bond donors (Lipinski definition) is 1. The minimum atomic E-state index is -4.60. The van der Waals surface area contributed by atoms with Gasteiger partial charge in [-0.3, -0.25) is 0 Å². The molecule has 0 aliphatic heterocycles. The molecule has 0 heterocycles. The number of carbonyl (C=O) groups is 1. The number of anilines is 1. The van der Waals surface area contributed by atoms with Crippen LogP contribution < -0.4 is 5.73 Å². The molecular formula is C10H9ClF3NO2. The van der Waals surface area contributed by atoms with E-state index in [2.05, 4.69) is 4.74 Å². The van der Waals surface area contributed by atoms with E-state index in [1.165, 1.54) is 6.92 Å². The Bertz CT molecular complexity index is 446. The lowest BCUT2D eigenvalue weighted by atomic mass is 10.1. The molecule has 1 rings (SSSR count). The fraction of sp³-hybridized carbons (Fsp3) is 0.300. The molecule has 0 radical (unpaired) electrons. The Kier molecular flexibility index (Phi) is 3.87. The number of halogens is 4. The summed E-state index contributed by atoms with van der Waals surface area (Å²) in [4.78, 5) is 11.4. The number of nitrogen functional groups attached to an aromatic ring is 1. The molecule has 0 saturated carbocycles. The highest BCUT2D eigenvalue weighted by atomic mass is 35.5. The Labute approximate surface area is 100 Å². The molecule has 0 spiro atoms. The minimum absolute atomic E-state index is 0.0339. The first-order valence-corrected chi connectivity index (χ1v) is 4.98. The number of nitrogens with two attached hydrogens (primary N) is 1. The van der Waals surface area contributed by atoms with Gasteiger partial charge in [0.15, 0.2) is 0 Å². The van der Waals surface area contributed by atoms with Crippen molar-refractivity contribution >= 4 is 23.3 Å². The first-order chi connectivity index (χ1) is 7.77. The van der Waals surface area contributed by atoms with Gasteiger partial charge >= 0.3 is 12.1 Å². The molecule has 0 aliphatic carbocycles. The standard InChI is InChI=1S/C10H9ClF3NO2/c1-2-17-9(16)6-3-5(10(12,13)14)4-7(11)8(6)15/h3-4H,2,15H2,1H3. The van der Waals surface area contributed by atoms with Crippen LogP contribution in [0.3, 0.4) is 0 Å². The molecule has 7 heteroatoms. The zero-order chi connectivity index (χ0) is 13.2. The molecule has 1 aromatic carbocycles. The minimum Gasteiger partial charge on any atom is -0.462 e. The summed E-state index contributed by atoms with van der Waals surface area (Å²) in [6.45, 7) is 1.56. The van der Waals surface area contributed by atoms with Crippen molar-refractivity contribution in [1.29, 1.82) is 0 Å². The Morgan fingerprint density at radius 1 is 1.47 bits per heavy atom. The summed E-state index contributed by atoms with van der Waals surface area (Å²) in [5, 5.41) is -0.331. The SMILES string of the molecule is CCOC(=O)c1cc(C(F)(F)F)cc(Cl)c1N. The molecule has 0 unspecified atom stereocenters. The second kappa shape index (κ2) is 4.83. The second-order valence-electron chi connectivity index (χ2n) is 3.14. The Hall–Kier alpha value is -1.43. The number of ether oxygens (including phenoxy) is 1. The largest absolute Gasteiger partial charge is 0.462 e. The van der Waals surface area contributed by atoms with Gasteiger partial charge in [-0.05, 0) is 19.1 Å². The predicted molar refractivity (Wildman–Crippen MR) is 56.8 cm³/mol. The van der Waals surface area contributed by atoms with E-state index in [4.69, 9.17) is 17.3 Å². The molecule has 1 aromatic rings. The summed E-state index contributed by atoms with van der Waals surface area (Å²) >= 11 is 5.54. The molecule has 0 amide bonds. The number of hydrogen-bond acceptors (Lipinski definition) is 3. The molecule has 0 atom stereocenters. The number of carbonyl (C=O) groups excluding carboxylic acids is 1. The average molecular weight is 268 g/mol. The monoisotopic (exact) mass is 267 g/mol. The zero-order valence-corrected chi connectivity index (χ0v) is 9.52. The predicted octanol–water partition coefficient (Wildman–Crippen LogP) is 3.12. The van der Waals surface area contributed by atoms with Gasteiger partial charge in [-0.25, -0.2) is 4.79 Å². The number of benzene rings is 1. The van der Waals surface area contributed by atoms with Gasteiger partial charge in [-0.1, -0.05) is 11.6 Å². The third kappa shape index (κ3) is 3.03. The molecule has 17 heavy (non-hydrogen) atoms. The van der Waals surface area contributed by atoms with E-state index in [1.807, 2.05) is 0 Å². The van der Waals surface area contributed by atoms with E-state index < -0.39 is 17.7 Å². The summed E-state index contributed by atoms with van der Waals surface area (Å²) in [7, 11) is 0. The van der Waals surface area contributed by atoms with Crippen molar-refractivity contribution in [3.8, 4) is 0 Å². The number of rotatable bonds is 2. The van der Waals surface area contributed by atoms with Crippen LogP contribution in [0.5, 0.6) is 0 Å². The van der Waals surface area contributed by atoms with Gasteiger partial charge in [0.25, 0.3) is 0 Å². The van der Waals surface area contributed by atoms with Crippen molar-refractivity contribution in [3.05, 3.63) is 28.3 Å². The lowest BCUT2D eigenvalue weighted by Crippen LogP contribution is -2.12. The highest BCUT2D eigenvalue weighted by molar-refractivity contribution is 6.34. The summed E-state index contributed by atoms with van der Waals surface area (Å²) < 4.78 is 42.0. The van der Waals surface area contributed by atoms with Crippen LogP contribution in [0.25, 0.3) is 0 Å². The normalized spacial score (nSPS) is 11.4. The van der Waals surface area contributed by atoms with Crippen LogP contribution in [0.1, 0.15) is 22.8 Å². The first-order valence-electron chi connectivity index (χ1n) is 4.60. The molecule has 0 fully saturated rings. The molecule has 0 aromatic heterocycles. The van der Waals surface area contributed by atoms with E-state index in [0.717, 1.165) is 0 Å². The van der Waals surface area contributed by atoms with Gasteiger partial charge in [0.1, 0.15) is 0 Å². The Morgan fingerprint density at radius 2 is 2.06 bits per heavy atom. The molecule has 0 bridgehead atoms. The smallest absolute Gasteiger partial charge is 0.416 e. The summed E-state index contributed by atoms with van der Waals surface area (Å²) in [5.74, 6) is -0.932. The summed E-state index contributed by atoms with van der Waals surface area (Å²) in [6.07, 6.45) is -4.60. The quantitative estimate of drug-likeness (QED) is 0.662. The van der Waals surface area contributed by atoms with Crippen LogP contribution in [-0.2, 0) is 10.9 Å². The van der Waals surface area contributed by atoms with Crippen LogP contribution in [0.4, 0.5) is 18.9 Å². The number of esters is 1. The fourth-order valence-electron chi connectivity index (χ4n) is 1.16. The second-order valence-corrected chi connectivity index (χ2v) is 3.54. The van der Waals surface area contributed by atoms with Gasteiger partial charge < -0.3 is 10.5 Å². The maximum atomic E-state index is 12.5. The van der Waals surface area contributed by atoms with E-state index in [-0.39, 0.29) is 22.9 Å². The van der Waals surface area contributed by atoms with Gasteiger partial charge in [0, 0.05) is 0 Å². The lowest BCUT2D eigenvalue weighted by molar-refractivity contribution is -0.137. The van der Waals surface area contributed by atoms with Crippen LogP contribution in [0.2, 0.25) is 5.02 Å². The van der Waals surface area contributed by atoms with Gasteiger partial charge in [-0.15, -0.1) is 0 Å². The first kappa shape index (κ1) is 13.6. The van der Waals surface area contributed by atoms with Crippen LogP contribution >= 0.6 is 11.6 Å². The van der Waals surface area contributed by atoms with E-state index >= 15 is 0 Å². The Balaban J connectivity index is 3.30. The van der Waals surface area contributed by atoms with Crippen molar-refractivity contribution in [1.82, 2.24) is 0 Å². The molecule has 0 aliphatic rings. The summed E-state index contributed by atoms with van der Waals surface area (Å²) in [6, 6.07) is 1.29. The molecular weight excluding hydrogens is 259 g/mol. The van der Waals surface area contributed by atoms with Gasteiger partial charge in [-0.2, -0.15) is 13.2 Å². The van der Waals surface area contributed by atoms with Crippen LogP contribution in [0.15, 0.2) is 12.1 Å². The van der Waals surface area contributed by atoms with E-state index in [9.17, 15) is 18.0 Å². The Morgan fingerprint density at radius 3 is 2.53 bits per heavy atom. The van der Waals surface area contributed by atoms with Crippen molar-refractivity contribution in [2.45, 2.75) is 13.1 Å². The maximum Gasteiger partial charge on any atom is 0.416 e. The highest BCUT2D eigenvalue weighted by Gasteiger charge is 2.32. The van der Waals surface area contributed by atoms with E-state index in [1.54, 1.807) is 0 Å². The zero-order valence-electron chi connectivity index (χ0n) is 8.77. The number of alkyl halides is 3. The topological polar surface area (TPSA) is 52.3 Å². The van der Waals surface area contributed by atoms with Crippen molar-refractivity contribution in [2.75, 3.05) is 12.3 Å². The molecule has 2 N–H and O–H groups in total. The van der Waals surface area contributed by atoms with Gasteiger partial charge in [0.2, 0.25) is 0 Å². The molecule has 0 saturated heterocycles.